The van der Waals surface area contributed by atoms with E-state index in [4.69, 9.17) is 109 Å². The molecule has 5 atom stereocenters. The molecule has 0 bridgehead atoms. The highest BCUT2D eigenvalue weighted by atomic mass is 35.5. The second-order valence-corrected chi connectivity index (χ2v) is 30.6. The number of nitrogens with zero attached hydrogens (tertiary/aromatic N) is 3. The van der Waals surface area contributed by atoms with Gasteiger partial charge in [-0.3, -0.25) is 62.9 Å². The predicted octanol–water partition coefficient (Wildman–Crippen LogP) is 15.7. The molecule has 594 valence electrons. The summed E-state index contributed by atoms with van der Waals surface area (Å²) in [5.74, 6) is -6.80. The molecule has 116 heavy (non-hydrogen) atoms. The highest BCUT2D eigenvalue weighted by molar-refractivity contribution is 6.41. The number of halogens is 11. The number of fused-ring (bicyclic) bond motifs is 5. The maximum atomic E-state index is 14.4. The first-order chi connectivity index (χ1) is 55.0. The van der Waals surface area contributed by atoms with Crippen LogP contribution in [0.1, 0.15) is 136 Å². The van der Waals surface area contributed by atoms with E-state index in [1.165, 1.54) is 135 Å². The van der Waals surface area contributed by atoms with E-state index in [2.05, 4.69) is 41.5 Å². The molecule has 5 aliphatic heterocycles. The number of anilines is 5. The fraction of sp³-hybridized carbons (Fsp3) is 0.173. The molecule has 10 aromatic rings. The summed E-state index contributed by atoms with van der Waals surface area (Å²) in [6, 6.07) is 35.9. The Labute approximate surface area is 701 Å². The van der Waals surface area contributed by atoms with Crippen molar-refractivity contribution in [3.8, 4) is 5.75 Å². The highest BCUT2D eigenvalue weighted by Gasteiger charge is 2.54. The second kappa shape index (κ2) is 34.1. The number of hydrogen-bond acceptors (Lipinski definition) is 19. The zero-order chi connectivity index (χ0) is 83.8. The van der Waals surface area contributed by atoms with Crippen LogP contribution in [-0.2, 0) is 52.0 Å². The van der Waals surface area contributed by atoms with Crippen molar-refractivity contribution in [1.82, 2.24) is 15.0 Å². The Kier molecular flexibility index (Phi) is 25.1. The van der Waals surface area contributed by atoms with Crippen LogP contribution in [0.3, 0.4) is 0 Å². The number of ketones is 5. The van der Waals surface area contributed by atoms with Gasteiger partial charge in [0.2, 0.25) is 0 Å². The Bertz CT molecular complexity index is 5430. The molecule has 0 saturated heterocycles. The molecule has 0 radical (unpaired) electrons. The van der Waals surface area contributed by atoms with Crippen molar-refractivity contribution in [2.75, 3.05) is 33.7 Å². The number of aliphatic hydroxyl groups is 5. The average Bonchev–Trinajstić information content (AvgIpc) is 1.62. The zero-order valence-electron chi connectivity index (χ0n) is 59.5. The van der Waals surface area contributed by atoms with Crippen LogP contribution in [-0.4, -0.2) is 106 Å². The number of ether oxygens (including phenoxy) is 1. The van der Waals surface area contributed by atoms with Gasteiger partial charge in [0, 0.05) is 101 Å². The van der Waals surface area contributed by atoms with E-state index < -0.39 is 130 Å². The number of nitrogens with one attached hydrogen (secondary N) is 5. The van der Waals surface area contributed by atoms with Gasteiger partial charge in [-0.05, 0) is 158 Å². The fourth-order valence-electron chi connectivity index (χ4n) is 13.3. The smallest absolute Gasteiger partial charge is 0.261 e. The molecule has 0 spiro atoms. The van der Waals surface area contributed by atoms with E-state index in [9.17, 15) is 82.3 Å². The third kappa shape index (κ3) is 16.7. The number of benzene rings is 7. The first kappa shape index (κ1) is 85.1. The monoisotopic (exact) mass is 1750 g/mol. The Balaban J connectivity index is 0.000000134. The molecular formula is C81H57Cl9F2N8O16. The van der Waals surface area contributed by atoms with Crippen LogP contribution in [0, 0.1) is 11.6 Å². The number of pyridine rings is 3. The van der Waals surface area contributed by atoms with E-state index in [0.29, 0.717) is 22.8 Å². The third-order valence-corrected chi connectivity index (χ3v) is 22.3. The summed E-state index contributed by atoms with van der Waals surface area (Å²) in [6.45, 7) is 0. The van der Waals surface area contributed by atoms with Crippen molar-refractivity contribution in [2.24, 2.45) is 0 Å². The number of carbonyl (C=O) groups excluding carboxylic acids is 10. The Morgan fingerprint density at radius 2 is 0.759 bits per heavy atom. The van der Waals surface area contributed by atoms with Gasteiger partial charge in [-0.2, -0.15) is 0 Å². The topological polar surface area (TPSA) is 380 Å². The lowest BCUT2D eigenvalue weighted by molar-refractivity contribution is -0.133. The maximum absolute atomic E-state index is 14.4. The maximum Gasteiger partial charge on any atom is 0.261 e. The molecule has 10 N–H and O–H groups in total. The normalized spacial score (nSPS) is 19.9. The number of rotatable bonds is 17. The Morgan fingerprint density at radius 1 is 0.388 bits per heavy atom. The van der Waals surface area contributed by atoms with Gasteiger partial charge in [0.1, 0.15) is 23.1 Å². The number of aromatic nitrogens is 3. The van der Waals surface area contributed by atoms with Gasteiger partial charge >= 0.3 is 0 Å². The molecule has 16 rings (SSSR count). The lowest BCUT2D eigenvalue weighted by Gasteiger charge is -2.21. The summed E-state index contributed by atoms with van der Waals surface area (Å²) in [7, 11) is 1.50. The zero-order valence-corrected chi connectivity index (χ0v) is 66.3. The Morgan fingerprint density at radius 3 is 1.14 bits per heavy atom. The number of hydrogen-bond donors (Lipinski definition) is 10. The minimum atomic E-state index is -2.22. The highest BCUT2D eigenvalue weighted by Crippen LogP contribution is 2.52. The van der Waals surface area contributed by atoms with Crippen LogP contribution in [0.2, 0.25) is 45.2 Å². The number of methoxy groups -OCH3 is 1. The molecule has 6 aliphatic rings. The van der Waals surface area contributed by atoms with Gasteiger partial charge in [-0.1, -0.05) is 117 Å². The summed E-state index contributed by atoms with van der Waals surface area (Å²) in [6.07, 6.45) is 6.78. The molecule has 35 heteroatoms. The largest absolute Gasteiger partial charge is 0.497 e. The standard InChI is InChI=1S/C19H14Cl2FNO3.C17H13ClFNO4.3C15H10Cl2N2O3/c20-12-5-6-13(21)17-16(12)19(26,18(25)23-17)8-15(24)11-4-3-10(7-14(11)22)9-1-2-9;1-24-10-4-2-9(3-5-10)13(21)8-17(23)14-11(18)6-7-12(19)15(14)20-16(17)22;16-9-1-2-10(17)13-12(9)15(22,14(21)19-13)7-11(20)8-3-5-18-6-4-8;16-9-3-4-10(17)13-12(9)15(22,14(21)19-13)6-11(20)8-2-1-5-18-7-8;16-8-4-5-9(17)13-12(8)15(22,14(21)19-13)7-11(20)10-3-1-2-6-18-10/h3-7,9,26H,1-2,8H2,(H,23,25);2-7,23H,8H2,1H3,(H,20,22);1-6,22H,7H2,(H,19,21);1-5,7,22H,6H2,(H,19,21);1-6,22H,7H2,(H,19,21). The quantitative estimate of drug-likeness (QED) is 0.0379. The number of Topliss-reactive ketones (excluding diaryl/α,β-unsaturated/α-hetero) is 5. The summed E-state index contributed by atoms with van der Waals surface area (Å²) < 4.78 is 33.2. The Hall–Kier alpha value is -10.2. The minimum absolute atomic E-state index is 0.00906. The van der Waals surface area contributed by atoms with Crippen LogP contribution >= 0.6 is 104 Å². The van der Waals surface area contributed by atoms with E-state index in [1.54, 1.807) is 42.5 Å². The van der Waals surface area contributed by atoms with Crippen molar-refractivity contribution < 1.29 is 87.0 Å². The van der Waals surface area contributed by atoms with Gasteiger partial charge < -0.3 is 56.9 Å². The summed E-state index contributed by atoms with van der Waals surface area (Å²) in [5, 5.41) is 67.6. The van der Waals surface area contributed by atoms with E-state index >= 15 is 0 Å². The van der Waals surface area contributed by atoms with Crippen molar-refractivity contribution in [2.45, 2.75) is 78.9 Å². The predicted molar refractivity (Wildman–Crippen MR) is 429 cm³/mol. The lowest BCUT2D eigenvalue weighted by atomic mass is 9.87. The first-order valence-corrected chi connectivity index (χ1v) is 37.8. The SMILES string of the molecule is COc1ccc(C(=O)CC2(O)C(=O)Nc3c(F)ccc(Cl)c32)cc1.O=C(CC1(O)C(=O)Nc2c(Cl)ccc(Cl)c21)c1ccc(C2CC2)cc1F.O=C(CC1(O)C(=O)Nc2c(Cl)ccc(Cl)c21)c1ccccn1.O=C(CC1(O)C(=O)Nc2c(Cl)ccc(Cl)c21)c1cccnc1.O=C(CC1(O)C(=O)Nc2c(Cl)ccc(Cl)c21)c1ccncc1. The number of amides is 5. The number of carbonyl (C=O) groups is 10. The van der Waals surface area contributed by atoms with Crippen LogP contribution in [0.5, 0.6) is 5.75 Å². The van der Waals surface area contributed by atoms with E-state index in [-0.39, 0.29) is 118 Å². The van der Waals surface area contributed by atoms with E-state index in [0.717, 1.165) is 24.5 Å². The molecule has 24 nitrogen and oxygen atoms in total. The first-order valence-electron chi connectivity index (χ1n) is 34.4. The molecule has 1 fully saturated rings. The second-order valence-electron chi connectivity index (χ2n) is 26.9. The van der Waals surface area contributed by atoms with Gasteiger partial charge in [0.05, 0.1) is 93.3 Å². The van der Waals surface area contributed by atoms with Crippen molar-refractivity contribution >= 4 is 191 Å². The summed E-state index contributed by atoms with van der Waals surface area (Å²) in [4.78, 5) is 135. The molecule has 1 saturated carbocycles. The molecule has 5 unspecified atom stereocenters. The van der Waals surface area contributed by atoms with Gasteiger partial charge in [0.15, 0.2) is 56.9 Å². The average molecular weight is 1760 g/mol. The van der Waals surface area contributed by atoms with Crippen LogP contribution in [0.15, 0.2) is 177 Å². The lowest BCUT2D eigenvalue weighted by Crippen LogP contribution is -2.36. The third-order valence-electron chi connectivity index (χ3n) is 19.4. The van der Waals surface area contributed by atoms with Crippen LogP contribution < -0.4 is 31.3 Å². The fourth-order valence-corrected chi connectivity index (χ4v) is 15.7. The summed E-state index contributed by atoms with van der Waals surface area (Å²) >= 11 is 54.5. The summed E-state index contributed by atoms with van der Waals surface area (Å²) in [5.41, 5.74) is -7.79. The molecule has 5 amide bonds. The van der Waals surface area contributed by atoms with Crippen molar-refractivity contribution in [1.29, 1.82) is 0 Å². The minimum Gasteiger partial charge on any atom is -0.497 e. The molecular weight excluding hydrogens is 1700 g/mol. The molecule has 7 aromatic carbocycles. The molecule has 8 heterocycles. The molecule has 3 aromatic heterocycles. The van der Waals surface area contributed by atoms with Gasteiger partial charge in [-0.15, -0.1) is 0 Å². The molecule has 1 aliphatic carbocycles. The van der Waals surface area contributed by atoms with Crippen molar-refractivity contribution in [3.63, 3.8) is 0 Å². The van der Waals surface area contributed by atoms with Crippen molar-refractivity contribution in [3.05, 3.63) is 295 Å². The van der Waals surface area contributed by atoms with Crippen LogP contribution in [0.25, 0.3) is 0 Å². The van der Waals surface area contributed by atoms with E-state index in [1.807, 2.05) is 0 Å². The van der Waals surface area contributed by atoms with Gasteiger partial charge in [0.25, 0.3) is 29.5 Å². The van der Waals surface area contributed by atoms with Gasteiger partial charge in [-0.25, -0.2) is 8.78 Å². The van der Waals surface area contributed by atoms with Crippen LogP contribution in [0.4, 0.5) is 37.2 Å².